The molecule has 1 fully saturated rings. The maximum Gasteiger partial charge on any atom is 0.0471 e. The molecule has 0 atom stereocenters. The third-order valence-electron chi connectivity index (χ3n) is 2.28. The lowest BCUT2D eigenvalue weighted by Crippen LogP contribution is -2.01. The molecule has 2 N–H and O–H groups in total. The van der Waals surface area contributed by atoms with Crippen molar-refractivity contribution in [3.63, 3.8) is 0 Å². The molecule has 0 bridgehead atoms. The Morgan fingerprint density at radius 2 is 2.23 bits per heavy atom. The van der Waals surface area contributed by atoms with Gasteiger partial charge in [0.05, 0.1) is 0 Å². The van der Waals surface area contributed by atoms with Crippen molar-refractivity contribution in [2.75, 3.05) is 11.9 Å². The van der Waals surface area contributed by atoms with Gasteiger partial charge in [0.2, 0.25) is 0 Å². The van der Waals surface area contributed by atoms with Crippen LogP contribution in [-0.4, -0.2) is 17.8 Å². The van der Waals surface area contributed by atoms with Crippen molar-refractivity contribution in [2.24, 2.45) is 0 Å². The number of anilines is 1. The molecule has 2 rings (SSSR count). The molecule has 70 valence electrons. The van der Waals surface area contributed by atoms with Gasteiger partial charge < -0.3 is 10.4 Å². The minimum absolute atomic E-state index is 0.229. The SMILES string of the molecule is OCCc1cccc(NC2CC2)c1. The van der Waals surface area contributed by atoms with E-state index in [1.807, 2.05) is 12.1 Å². The van der Waals surface area contributed by atoms with E-state index in [0.29, 0.717) is 6.04 Å². The Bertz CT molecular complexity index is 281. The maximum absolute atomic E-state index is 8.78. The fourth-order valence-corrected chi connectivity index (χ4v) is 1.41. The summed E-state index contributed by atoms with van der Waals surface area (Å²) in [6.45, 7) is 0.229. The minimum Gasteiger partial charge on any atom is -0.396 e. The van der Waals surface area contributed by atoms with Crippen LogP contribution < -0.4 is 5.32 Å². The standard InChI is InChI=1S/C11H15NO/c13-7-6-9-2-1-3-11(8-9)12-10-4-5-10/h1-3,8,10,12-13H,4-7H2. The van der Waals surface area contributed by atoms with Crippen molar-refractivity contribution in [3.05, 3.63) is 29.8 Å². The van der Waals surface area contributed by atoms with Gasteiger partial charge in [0.1, 0.15) is 0 Å². The summed E-state index contributed by atoms with van der Waals surface area (Å²) in [7, 11) is 0. The topological polar surface area (TPSA) is 32.3 Å². The molecular formula is C11H15NO. The van der Waals surface area contributed by atoms with Gasteiger partial charge in [-0.1, -0.05) is 12.1 Å². The molecule has 0 heterocycles. The fraction of sp³-hybridized carbons (Fsp3) is 0.455. The summed E-state index contributed by atoms with van der Waals surface area (Å²) < 4.78 is 0. The van der Waals surface area contributed by atoms with E-state index in [0.717, 1.165) is 6.42 Å². The van der Waals surface area contributed by atoms with E-state index in [4.69, 9.17) is 5.11 Å². The summed E-state index contributed by atoms with van der Waals surface area (Å²) >= 11 is 0. The third kappa shape index (κ3) is 2.46. The number of rotatable bonds is 4. The molecule has 0 aliphatic heterocycles. The number of aliphatic hydroxyl groups is 1. The van der Waals surface area contributed by atoms with Crippen LogP contribution in [0.5, 0.6) is 0 Å². The number of hydrogen-bond donors (Lipinski definition) is 2. The zero-order valence-electron chi connectivity index (χ0n) is 7.66. The van der Waals surface area contributed by atoms with Crippen molar-refractivity contribution < 1.29 is 5.11 Å². The second-order valence-corrected chi connectivity index (χ2v) is 3.59. The van der Waals surface area contributed by atoms with Crippen molar-refractivity contribution in [1.82, 2.24) is 0 Å². The first-order valence-corrected chi connectivity index (χ1v) is 4.85. The number of aliphatic hydroxyl groups excluding tert-OH is 1. The highest BCUT2D eigenvalue weighted by molar-refractivity contribution is 5.47. The Kier molecular flexibility index (Phi) is 2.50. The fourth-order valence-electron chi connectivity index (χ4n) is 1.41. The van der Waals surface area contributed by atoms with Crippen molar-refractivity contribution in [3.8, 4) is 0 Å². The maximum atomic E-state index is 8.78. The van der Waals surface area contributed by atoms with Gasteiger partial charge in [0, 0.05) is 18.3 Å². The molecule has 0 unspecified atom stereocenters. The van der Waals surface area contributed by atoms with Gasteiger partial charge in [-0.05, 0) is 37.0 Å². The summed E-state index contributed by atoms with van der Waals surface area (Å²) in [6, 6.07) is 8.99. The highest BCUT2D eigenvalue weighted by Crippen LogP contribution is 2.24. The predicted octanol–water partition coefficient (Wildman–Crippen LogP) is 1.80. The van der Waals surface area contributed by atoms with Crippen LogP contribution in [0.25, 0.3) is 0 Å². The number of benzene rings is 1. The monoisotopic (exact) mass is 177 g/mol. The molecule has 1 aliphatic rings. The predicted molar refractivity (Wildman–Crippen MR) is 53.9 cm³/mol. The average molecular weight is 177 g/mol. The lowest BCUT2D eigenvalue weighted by molar-refractivity contribution is 0.299. The van der Waals surface area contributed by atoms with Crippen molar-refractivity contribution in [2.45, 2.75) is 25.3 Å². The Morgan fingerprint density at radius 3 is 2.92 bits per heavy atom. The first-order valence-electron chi connectivity index (χ1n) is 4.85. The molecule has 1 aliphatic carbocycles. The molecule has 0 radical (unpaired) electrons. The molecule has 1 saturated carbocycles. The van der Waals surface area contributed by atoms with E-state index >= 15 is 0 Å². The van der Waals surface area contributed by atoms with E-state index in [2.05, 4.69) is 17.4 Å². The highest BCUT2D eigenvalue weighted by atomic mass is 16.2. The van der Waals surface area contributed by atoms with Crippen LogP contribution in [-0.2, 0) is 6.42 Å². The molecule has 0 spiro atoms. The lowest BCUT2D eigenvalue weighted by atomic mass is 10.1. The molecule has 0 saturated heterocycles. The van der Waals surface area contributed by atoms with Gasteiger partial charge in [0.15, 0.2) is 0 Å². The number of nitrogens with one attached hydrogen (secondary N) is 1. The summed E-state index contributed by atoms with van der Waals surface area (Å²) in [6.07, 6.45) is 3.34. The average Bonchev–Trinajstić information content (AvgIpc) is 2.90. The van der Waals surface area contributed by atoms with E-state index in [1.54, 1.807) is 0 Å². The summed E-state index contributed by atoms with van der Waals surface area (Å²) in [5, 5.41) is 12.2. The van der Waals surface area contributed by atoms with Crippen LogP contribution in [0, 0.1) is 0 Å². The number of hydrogen-bond acceptors (Lipinski definition) is 2. The van der Waals surface area contributed by atoms with E-state index in [-0.39, 0.29) is 6.61 Å². The van der Waals surface area contributed by atoms with Gasteiger partial charge in [-0.25, -0.2) is 0 Å². The molecule has 0 amide bonds. The normalized spacial score (nSPS) is 15.8. The smallest absolute Gasteiger partial charge is 0.0471 e. The van der Waals surface area contributed by atoms with Crippen LogP contribution in [0.4, 0.5) is 5.69 Å². The Hall–Kier alpha value is -1.02. The van der Waals surface area contributed by atoms with Gasteiger partial charge in [0.25, 0.3) is 0 Å². The van der Waals surface area contributed by atoms with Crippen LogP contribution in [0.2, 0.25) is 0 Å². The highest BCUT2D eigenvalue weighted by Gasteiger charge is 2.20. The second-order valence-electron chi connectivity index (χ2n) is 3.59. The Balaban J connectivity index is 2.02. The van der Waals surface area contributed by atoms with Crippen molar-refractivity contribution in [1.29, 1.82) is 0 Å². The second kappa shape index (κ2) is 3.79. The van der Waals surface area contributed by atoms with Gasteiger partial charge in [-0.3, -0.25) is 0 Å². The first-order chi connectivity index (χ1) is 6.38. The molecule has 2 nitrogen and oxygen atoms in total. The van der Waals surface area contributed by atoms with E-state index in [1.165, 1.54) is 24.1 Å². The van der Waals surface area contributed by atoms with Gasteiger partial charge in [-0.2, -0.15) is 0 Å². The minimum atomic E-state index is 0.229. The van der Waals surface area contributed by atoms with Crippen LogP contribution in [0.15, 0.2) is 24.3 Å². The summed E-state index contributed by atoms with van der Waals surface area (Å²) in [4.78, 5) is 0. The van der Waals surface area contributed by atoms with Crippen LogP contribution >= 0.6 is 0 Å². The third-order valence-corrected chi connectivity index (χ3v) is 2.28. The largest absolute Gasteiger partial charge is 0.396 e. The lowest BCUT2D eigenvalue weighted by Gasteiger charge is -2.05. The Labute approximate surface area is 78.6 Å². The quantitative estimate of drug-likeness (QED) is 0.735. The van der Waals surface area contributed by atoms with Crippen LogP contribution in [0.1, 0.15) is 18.4 Å². The van der Waals surface area contributed by atoms with E-state index < -0.39 is 0 Å². The molecular weight excluding hydrogens is 162 g/mol. The van der Waals surface area contributed by atoms with E-state index in [9.17, 15) is 0 Å². The summed E-state index contributed by atoms with van der Waals surface area (Å²) in [5.41, 5.74) is 2.39. The molecule has 2 heteroatoms. The summed E-state index contributed by atoms with van der Waals surface area (Å²) in [5.74, 6) is 0. The van der Waals surface area contributed by atoms with Gasteiger partial charge >= 0.3 is 0 Å². The Morgan fingerprint density at radius 1 is 1.38 bits per heavy atom. The van der Waals surface area contributed by atoms with Gasteiger partial charge in [-0.15, -0.1) is 0 Å². The molecule has 13 heavy (non-hydrogen) atoms. The molecule has 1 aromatic carbocycles. The van der Waals surface area contributed by atoms with Crippen LogP contribution in [0.3, 0.4) is 0 Å². The van der Waals surface area contributed by atoms with Crippen molar-refractivity contribution >= 4 is 5.69 Å². The molecule has 1 aromatic rings. The zero-order chi connectivity index (χ0) is 9.10. The zero-order valence-corrected chi connectivity index (χ0v) is 7.66. The first kappa shape index (κ1) is 8.57. The molecule has 0 aromatic heterocycles.